The lowest BCUT2D eigenvalue weighted by Gasteiger charge is -2.30. The molecule has 1 aliphatic rings. The standard InChI is InChI=1S/C12H14ClN3O3/c1-7-6-8(15-11(13)14-7)9(17)16-5-3-4-12(16,2)10(18)19/h6H,3-5H2,1-2H3,(H,18,19). The average molecular weight is 284 g/mol. The van der Waals surface area contributed by atoms with Crippen LogP contribution in [0.2, 0.25) is 5.28 Å². The lowest BCUT2D eigenvalue weighted by atomic mass is 9.99. The molecule has 0 spiro atoms. The molecular formula is C12H14ClN3O3. The Morgan fingerprint density at radius 1 is 1.47 bits per heavy atom. The Hall–Kier alpha value is -1.69. The maximum atomic E-state index is 12.4. The van der Waals surface area contributed by atoms with Gasteiger partial charge in [0.15, 0.2) is 0 Å². The number of aliphatic carboxylic acids is 1. The zero-order valence-electron chi connectivity index (χ0n) is 10.7. The largest absolute Gasteiger partial charge is 0.480 e. The van der Waals surface area contributed by atoms with Gasteiger partial charge in [0.05, 0.1) is 0 Å². The highest BCUT2D eigenvalue weighted by Crippen LogP contribution is 2.30. The molecule has 6 nitrogen and oxygen atoms in total. The van der Waals surface area contributed by atoms with Crippen molar-refractivity contribution in [2.75, 3.05) is 6.54 Å². The number of aryl methyl sites for hydroxylation is 1. The normalized spacial score (nSPS) is 22.6. The van der Waals surface area contributed by atoms with Crippen LogP contribution in [-0.4, -0.2) is 43.9 Å². The maximum Gasteiger partial charge on any atom is 0.329 e. The number of rotatable bonds is 2. The molecule has 0 radical (unpaired) electrons. The van der Waals surface area contributed by atoms with Crippen molar-refractivity contribution in [3.63, 3.8) is 0 Å². The Morgan fingerprint density at radius 3 is 2.74 bits per heavy atom. The quantitative estimate of drug-likeness (QED) is 0.832. The molecule has 0 saturated carbocycles. The number of carboxylic acid groups (broad SMARTS) is 1. The van der Waals surface area contributed by atoms with Gasteiger partial charge in [-0.2, -0.15) is 0 Å². The molecule has 1 aromatic rings. The molecule has 2 heterocycles. The van der Waals surface area contributed by atoms with E-state index in [9.17, 15) is 14.7 Å². The van der Waals surface area contributed by atoms with Crippen molar-refractivity contribution in [3.8, 4) is 0 Å². The molecule has 1 saturated heterocycles. The van der Waals surface area contributed by atoms with Crippen LogP contribution in [0.4, 0.5) is 0 Å². The van der Waals surface area contributed by atoms with Gasteiger partial charge in [-0.1, -0.05) is 0 Å². The second-order valence-electron chi connectivity index (χ2n) is 4.80. The molecule has 7 heteroatoms. The smallest absolute Gasteiger partial charge is 0.329 e. The molecule has 0 aromatic carbocycles. The number of nitrogens with zero attached hydrogens (tertiary/aromatic N) is 3. The second kappa shape index (κ2) is 4.77. The van der Waals surface area contributed by atoms with E-state index in [1.54, 1.807) is 13.8 Å². The van der Waals surface area contributed by atoms with Crippen molar-refractivity contribution in [1.82, 2.24) is 14.9 Å². The number of carbonyl (C=O) groups excluding carboxylic acids is 1. The van der Waals surface area contributed by atoms with Crippen LogP contribution in [0.3, 0.4) is 0 Å². The van der Waals surface area contributed by atoms with Gasteiger partial charge in [-0.3, -0.25) is 4.79 Å². The number of carbonyl (C=O) groups is 2. The first-order chi connectivity index (χ1) is 8.84. The van der Waals surface area contributed by atoms with Crippen LogP contribution in [-0.2, 0) is 4.79 Å². The first-order valence-electron chi connectivity index (χ1n) is 5.91. The fraction of sp³-hybridized carbons (Fsp3) is 0.500. The van der Waals surface area contributed by atoms with E-state index in [1.165, 1.54) is 11.0 Å². The van der Waals surface area contributed by atoms with E-state index in [4.69, 9.17) is 11.6 Å². The van der Waals surface area contributed by atoms with Crippen LogP contribution in [0.1, 0.15) is 35.9 Å². The van der Waals surface area contributed by atoms with Gasteiger partial charge in [0.25, 0.3) is 5.91 Å². The fourth-order valence-electron chi connectivity index (χ4n) is 2.29. The topological polar surface area (TPSA) is 83.4 Å². The summed E-state index contributed by atoms with van der Waals surface area (Å²) in [7, 11) is 0. The summed E-state index contributed by atoms with van der Waals surface area (Å²) in [5.74, 6) is -1.43. The molecule has 1 fully saturated rings. The van der Waals surface area contributed by atoms with Crippen LogP contribution in [0.15, 0.2) is 6.07 Å². The van der Waals surface area contributed by atoms with E-state index in [1.807, 2.05) is 0 Å². The number of hydrogen-bond acceptors (Lipinski definition) is 4. The van der Waals surface area contributed by atoms with Gasteiger partial charge in [0.2, 0.25) is 5.28 Å². The van der Waals surface area contributed by atoms with Crippen molar-refractivity contribution >= 4 is 23.5 Å². The number of hydrogen-bond donors (Lipinski definition) is 1. The van der Waals surface area contributed by atoms with E-state index in [0.29, 0.717) is 25.1 Å². The number of halogens is 1. The Balaban J connectivity index is 2.36. The highest BCUT2D eigenvalue weighted by Gasteiger charge is 2.46. The third-order valence-electron chi connectivity index (χ3n) is 3.39. The fourth-order valence-corrected chi connectivity index (χ4v) is 2.52. The summed E-state index contributed by atoms with van der Waals surface area (Å²) in [6.07, 6.45) is 1.10. The van der Waals surface area contributed by atoms with Crippen LogP contribution < -0.4 is 0 Å². The first kappa shape index (κ1) is 13.7. The Labute approximate surface area is 115 Å². The van der Waals surface area contributed by atoms with Gasteiger partial charge < -0.3 is 10.0 Å². The van der Waals surface area contributed by atoms with Crippen LogP contribution >= 0.6 is 11.6 Å². The molecule has 102 valence electrons. The minimum atomic E-state index is -1.18. The molecule has 1 aliphatic heterocycles. The van der Waals surface area contributed by atoms with E-state index >= 15 is 0 Å². The van der Waals surface area contributed by atoms with Crippen molar-refractivity contribution in [1.29, 1.82) is 0 Å². The van der Waals surface area contributed by atoms with Crippen LogP contribution in [0.25, 0.3) is 0 Å². The summed E-state index contributed by atoms with van der Waals surface area (Å²) >= 11 is 5.73. The van der Waals surface area contributed by atoms with Gasteiger partial charge in [-0.15, -0.1) is 0 Å². The molecule has 1 aromatic heterocycles. The lowest BCUT2D eigenvalue weighted by molar-refractivity contribution is -0.147. The number of amides is 1. The molecule has 1 N–H and O–H groups in total. The van der Waals surface area contributed by atoms with E-state index in [2.05, 4.69) is 9.97 Å². The average Bonchev–Trinajstić information content (AvgIpc) is 2.70. The summed E-state index contributed by atoms with van der Waals surface area (Å²) in [4.78, 5) is 32.8. The van der Waals surface area contributed by atoms with Gasteiger partial charge in [0, 0.05) is 12.2 Å². The predicted octanol–water partition coefficient (Wildman–Crippen LogP) is 1.52. The SMILES string of the molecule is Cc1cc(C(=O)N2CCCC2(C)C(=O)O)nc(Cl)n1. The van der Waals surface area contributed by atoms with Crippen molar-refractivity contribution < 1.29 is 14.7 Å². The van der Waals surface area contributed by atoms with Crippen LogP contribution in [0.5, 0.6) is 0 Å². The van der Waals surface area contributed by atoms with Gasteiger partial charge >= 0.3 is 5.97 Å². The second-order valence-corrected chi connectivity index (χ2v) is 5.14. The molecule has 1 atom stereocenters. The Morgan fingerprint density at radius 2 is 2.16 bits per heavy atom. The molecule has 1 amide bonds. The van der Waals surface area contributed by atoms with E-state index < -0.39 is 17.4 Å². The summed E-state index contributed by atoms with van der Waals surface area (Å²) in [6, 6.07) is 1.51. The minimum absolute atomic E-state index is 0.0143. The molecule has 19 heavy (non-hydrogen) atoms. The van der Waals surface area contributed by atoms with Crippen LogP contribution in [0, 0.1) is 6.92 Å². The number of aromatic nitrogens is 2. The Kier molecular flexibility index (Phi) is 3.45. The van der Waals surface area contributed by atoms with Gasteiger partial charge in [-0.25, -0.2) is 14.8 Å². The monoisotopic (exact) mass is 283 g/mol. The predicted molar refractivity (Wildman–Crippen MR) is 68.1 cm³/mol. The van der Waals surface area contributed by atoms with E-state index in [-0.39, 0.29) is 11.0 Å². The van der Waals surface area contributed by atoms with Crippen molar-refractivity contribution in [2.24, 2.45) is 0 Å². The summed E-state index contributed by atoms with van der Waals surface area (Å²) in [6.45, 7) is 3.66. The third kappa shape index (κ3) is 2.40. The number of carboxylic acids is 1. The lowest BCUT2D eigenvalue weighted by Crippen LogP contribution is -2.51. The molecule has 2 rings (SSSR count). The summed E-state index contributed by atoms with van der Waals surface area (Å²) in [5, 5.41) is 9.28. The molecule has 1 unspecified atom stereocenters. The number of likely N-dealkylation sites (tertiary alicyclic amines) is 1. The zero-order valence-corrected chi connectivity index (χ0v) is 11.4. The van der Waals surface area contributed by atoms with Gasteiger partial charge in [0.1, 0.15) is 11.2 Å². The van der Waals surface area contributed by atoms with E-state index in [0.717, 1.165) is 0 Å². The van der Waals surface area contributed by atoms with Gasteiger partial charge in [-0.05, 0) is 44.4 Å². The molecule has 0 aliphatic carbocycles. The Bertz CT molecular complexity index is 529. The third-order valence-corrected chi connectivity index (χ3v) is 3.56. The summed E-state index contributed by atoms with van der Waals surface area (Å²) < 4.78 is 0. The zero-order chi connectivity index (χ0) is 14.2. The maximum absolute atomic E-state index is 12.4. The first-order valence-corrected chi connectivity index (χ1v) is 6.29. The molecule has 0 bridgehead atoms. The highest BCUT2D eigenvalue weighted by atomic mass is 35.5. The minimum Gasteiger partial charge on any atom is -0.480 e. The molecular weight excluding hydrogens is 270 g/mol. The summed E-state index contributed by atoms with van der Waals surface area (Å²) in [5.41, 5.74) is -0.478. The highest BCUT2D eigenvalue weighted by molar-refractivity contribution is 6.28. The van der Waals surface area contributed by atoms with Crippen molar-refractivity contribution in [3.05, 3.63) is 22.7 Å². The van der Waals surface area contributed by atoms with Crippen molar-refractivity contribution in [2.45, 2.75) is 32.2 Å².